The zero-order chi connectivity index (χ0) is 19.4. The highest BCUT2D eigenvalue weighted by Gasteiger charge is 2.07. The molecule has 0 unspecified atom stereocenters. The van der Waals surface area contributed by atoms with Crippen molar-refractivity contribution in [1.29, 1.82) is 0 Å². The highest BCUT2D eigenvalue weighted by atomic mass is 79.9. The first-order valence-electron chi connectivity index (χ1n) is 7.91. The van der Waals surface area contributed by atoms with E-state index in [1.165, 1.54) is 0 Å². The molecule has 3 rings (SSSR count). The lowest BCUT2D eigenvalue weighted by atomic mass is 10.2. The fourth-order valence-electron chi connectivity index (χ4n) is 2.45. The number of hydrogen-bond acceptors (Lipinski definition) is 3. The topological polar surface area (TPSA) is 40.5 Å². The minimum Gasteiger partial charge on any atom is -0.479 e. The van der Waals surface area contributed by atoms with Crippen LogP contribution >= 0.6 is 39.1 Å². The molecule has 3 aromatic rings. The van der Waals surface area contributed by atoms with E-state index in [0.29, 0.717) is 15.8 Å². The monoisotopic (exact) mass is 465 g/mol. The quantitative estimate of drug-likeness (QED) is 0.504. The molecule has 0 aliphatic rings. The van der Waals surface area contributed by atoms with Crippen molar-refractivity contribution in [1.82, 2.24) is 4.57 Å². The van der Waals surface area contributed by atoms with Crippen LogP contribution in [0.3, 0.4) is 0 Å². The summed E-state index contributed by atoms with van der Waals surface area (Å²) < 4.78 is 13.5. The third-order valence-electron chi connectivity index (χ3n) is 3.77. The lowest BCUT2D eigenvalue weighted by molar-refractivity contribution is 0.358. The van der Waals surface area contributed by atoms with E-state index in [-0.39, 0.29) is 24.5 Å². The van der Waals surface area contributed by atoms with E-state index in [1.807, 2.05) is 18.2 Å². The third-order valence-corrected chi connectivity index (χ3v) is 4.80. The minimum atomic E-state index is -0.212. The van der Waals surface area contributed by atoms with Crippen LogP contribution in [0.2, 0.25) is 10.0 Å². The van der Waals surface area contributed by atoms with Crippen molar-refractivity contribution in [2.24, 2.45) is 7.05 Å². The molecule has 0 aliphatic heterocycles. The molecule has 0 atom stereocenters. The molecule has 27 heavy (non-hydrogen) atoms. The van der Waals surface area contributed by atoms with Crippen LogP contribution in [0.4, 0.5) is 0 Å². The van der Waals surface area contributed by atoms with Gasteiger partial charge < -0.3 is 14.0 Å². The molecule has 7 heteroatoms. The Hall–Kier alpha value is -2.13. The Bertz CT molecular complexity index is 1120. The van der Waals surface area contributed by atoms with Crippen molar-refractivity contribution >= 4 is 50.0 Å². The number of rotatable bonds is 4. The van der Waals surface area contributed by atoms with Crippen LogP contribution in [0.1, 0.15) is 0 Å². The van der Waals surface area contributed by atoms with Gasteiger partial charge in [0.05, 0.1) is 10.5 Å². The molecule has 0 bridgehead atoms. The number of ether oxygens (including phenoxy) is 2. The fraction of sp³-hybridized carbons (Fsp3) is 0.150. The summed E-state index contributed by atoms with van der Waals surface area (Å²) in [4.78, 5) is 12.4. The lowest BCUT2D eigenvalue weighted by Gasteiger charge is -2.09. The van der Waals surface area contributed by atoms with Gasteiger partial charge >= 0.3 is 0 Å². The zero-order valence-corrected chi connectivity index (χ0v) is 17.4. The maximum atomic E-state index is 12.4. The standard InChI is InChI=1S/C20H14BrCl2NO3/c1-24-17-6-4-14(21)10-13(17)11-19(20(24)25)27-9-3-2-8-26-18-7-5-15(22)12-16(18)23/h4-7,10-12H,8-9H2,1H3. The Balaban J connectivity index is 1.63. The Morgan fingerprint density at radius 3 is 2.41 bits per heavy atom. The highest BCUT2D eigenvalue weighted by Crippen LogP contribution is 2.27. The second-order valence-corrected chi connectivity index (χ2v) is 7.34. The molecule has 0 radical (unpaired) electrons. The number of aryl methyl sites for hydroxylation is 1. The van der Waals surface area contributed by atoms with Gasteiger partial charge in [-0.15, -0.1) is 0 Å². The zero-order valence-electron chi connectivity index (χ0n) is 14.3. The van der Waals surface area contributed by atoms with Gasteiger partial charge in [0.2, 0.25) is 0 Å². The summed E-state index contributed by atoms with van der Waals surface area (Å²) in [6.07, 6.45) is 0. The van der Waals surface area contributed by atoms with Gasteiger partial charge in [-0.1, -0.05) is 51.0 Å². The number of hydrogen-bond donors (Lipinski definition) is 0. The van der Waals surface area contributed by atoms with Crippen molar-refractivity contribution in [3.8, 4) is 23.3 Å². The van der Waals surface area contributed by atoms with Gasteiger partial charge in [-0.3, -0.25) is 4.79 Å². The van der Waals surface area contributed by atoms with E-state index in [9.17, 15) is 4.79 Å². The second-order valence-electron chi connectivity index (χ2n) is 5.58. The molecule has 0 fully saturated rings. The van der Waals surface area contributed by atoms with Gasteiger partial charge in [0.1, 0.15) is 19.0 Å². The van der Waals surface area contributed by atoms with Crippen molar-refractivity contribution in [2.45, 2.75) is 0 Å². The van der Waals surface area contributed by atoms with E-state index < -0.39 is 0 Å². The van der Waals surface area contributed by atoms with Gasteiger partial charge in [-0.05, 0) is 42.5 Å². The van der Waals surface area contributed by atoms with Crippen molar-refractivity contribution in [3.63, 3.8) is 0 Å². The maximum absolute atomic E-state index is 12.4. The van der Waals surface area contributed by atoms with E-state index in [4.69, 9.17) is 32.7 Å². The van der Waals surface area contributed by atoms with Crippen LogP contribution in [0.15, 0.2) is 51.7 Å². The molecule has 0 aliphatic carbocycles. The predicted octanol–water partition coefficient (Wildman–Crippen LogP) is 5.07. The number of halogens is 3. The fourth-order valence-corrected chi connectivity index (χ4v) is 3.29. The number of aromatic nitrogens is 1. The van der Waals surface area contributed by atoms with Gasteiger partial charge in [-0.25, -0.2) is 0 Å². The number of pyridine rings is 1. The van der Waals surface area contributed by atoms with Gasteiger partial charge in [-0.2, -0.15) is 0 Å². The van der Waals surface area contributed by atoms with E-state index in [2.05, 4.69) is 27.8 Å². The normalized spacial score (nSPS) is 10.4. The molecule has 1 aromatic heterocycles. The lowest BCUT2D eigenvalue weighted by Crippen LogP contribution is -2.19. The third kappa shape index (κ3) is 4.78. The molecule has 0 N–H and O–H groups in total. The molecule has 0 spiro atoms. The summed E-state index contributed by atoms with van der Waals surface area (Å²) in [5.41, 5.74) is 0.616. The summed E-state index contributed by atoms with van der Waals surface area (Å²) in [5, 5.41) is 1.86. The molecule has 4 nitrogen and oxygen atoms in total. The molecule has 0 saturated carbocycles. The number of fused-ring (bicyclic) bond motifs is 1. The second kappa shape index (κ2) is 8.71. The van der Waals surface area contributed by atoms with Gasteiger partial charge in [0, 0.05) is 21.9 Å². The van der Waals surface area contributed by atoms with Crippen molar-refractivity contribution in [2.75, 3.05) is 13.2 Å². The molecule has 0 amide bonds. The van der Waals surface area contributed by atoms with Crippen LogP contribution in [0.5, 0.6) is 11.5 Å². The van der Waals surface area contributed by atoms with Crippen molar-refractivity contribution < 1.29 is 9.47 Å². The number of benzene rings is 2. The summed E-state index contributed by atoms with van der Waals surface area (Å²) in [6.45, 7) is 0.222. The Morgan fingerprint density at radius 1 is 1.00 bits per heavy atom. The van der Waals surface area contributed by atoms with Crippen molar-refractivity contribution in [3.05, 3.63) is 67.3 Å². The van der Waals surface area contributed by atoms with Crippen LogP contribution in [0.25, 0.3) is 10.9 Å². The average Bonchev–Trinajstić information content (AvgIpc) is 2.63. The summed E-state index contributed by atoms with van der Waals surface area (Å²) >= 11 is 15.3. The maximum Gasteiger partial charge on any atom is 0.293 e. The predicted molar refractivity (Wildman–Crippen MR) is 112 cm³/mol. The SMILES string of the molecule is Cn1c(=O)c(OCC#CCOc2ccc(Cl)cc2Cl)cc2cc(Br)ccc21. The Kier molecular flexibility index (Phi) is 6.33. The first-order chi connectivity index (χ1) is 13.0. The van der Waals surface area contributed by atoms with Gasteiger partial charge in [0.15, 0.2) is 5.75 Å². The number of nitrogens with zero attached hydrogens (tertiary/aromatic N) is 1. The smallest absolute Gasteiger partial charge is 0.293 e. The molecular weight excluding hydrogens is 453 g/mol. The first kappa shape index (κ1) is 19.6. The first-order valence-corrected chi connectivity index (χ1v) is 9.46. The minimum absolute atomic E-state index is 0.0759. The average molecular weight is 467 g/mol. The summed E-state index contributed by atoms with van der Waals surface area (Å²) in [6, 6.07) is 12.4. The van der Waals surface area contributed by atoms with E-state index >= 15 is 0 Å². The largest absolute Gasteiger partial charge is 0.479 e. The van der Waals surface area contributed by atoms with Crippen LogP contribution < -0.4 is 15.0 Å². The van der Waals surface area contributed by atoms with E-state index in [1.54, 1.807) is 35.9 Å². The Morgan fingerprint density at radius 2 is 1.70 bits per heavy atom. The van der Waals surface area contributed by atoms with Gasteiger partial charge in [0.25, 0.3) is 5.56 Å². The van der Waals surface area contributed by atoms with Crippen LogP contribution in [-0.4, -0.2) is 17.8 Å². The van der Waals surface area contributed by atoms with Crippen LogP contribution in [-0.2, 0) is 7.05 Å². The summed E-state index contributed by atoms with van der Waals surface area (Å²) in [5.74, 6) is 6.39. The molecule has 138 valence electrons. The Labute approximate surface area is 174 Å². The summed E-state index contributed by atoms with van der Waals surface area (Å²) in [7, 11) is 1.71. The molecule has 2 aromatic carbocycles. The van der Waals surface area contributed by atoms with E-state index in [0.717, 1.165) is 15.4 Å². The molecule has 0 saturated heterocycles. The highest BCUT2D eigenvalue weighted by molar-refractivity contribution is 9.10. The molecule has 1 heterocycles. The molecular formula is C20H14BrCl2NO3. The van der Waals surface area contributed by atoms with Crippen LogP contribution in [0, 0.1) is 11.8 Å².